The summed E-state index contributed by atoms with van der Waals surface area (Å²) >= 11 is 1.79. The first-order valence-corrected chi connectivity index (χ1v) is 8.61. The van der Waals surface area contributed by atoms with Gasteiger partial charge in [-0.05, 0) is 19.1 Å². The highest BCUT2D eigenvalue weighted by atomic mass is 32.2. The average Bonchev–Trinajstić information content (AvgIpc) is 2.95. The van der Waals surface area contributed by atoms with E-state index in [1.54, 1.807) is 11.8 Å². The van der Waals surface area contributed by atoms with Crippen LogP contribution in [-0.2, 0) is 4.74 Å². The number of benzene rings is 1. The SMILES string of the molecule is Cc1ccc(N=C(/N=C2\SCCN2C)N2CCOCC2)cc1. The van der Waals surface area contributed by atoms with E-state index in [0.717, 1.165) is 55.4 Å². The third-order valence-corrected chi connectivity index (χ3v) is 4.78. The van der Waals surface area contributed by atoms with E-state index in [1.807, 2.05) is 12.1 Å². The van der Waals surface area contributed by atoms with Crippen LogP contribution in [0.3, 0.4) is 0 Å². The molecule has 0 radical (unpaired) electrons. The van der Waals surface area contributed by atoms with E-state index >= 15 is 0 Å². The lowest BCUT2D eigenvalue weighted by atomic mass is 10.2. The highest BCUT2D eigenvalue weighted by molar-refractivity contribution is 8.14. The Morgan fingerprint density at radius 3 is 2.50 bits per heavy atom. The van der Waals surface area contributed by atoms with Gasteiger partial charge in [0.15, 0.2) is 5.17 Å². The molecule has 0 N–H and O–H groups in total. The first-order valence-electron chi connectivity index (χ1n) is 7.63. The Morgan fingerprint density at radius 1 is 1.14 bits per heavy atom. The van der Waals surface area contributed by atoms with Crippen molar-refractivity contribution in [3.8, 4) is 0 Å². The van der Waals surface area contributed by atoms with Crippen molar-refractivity contribution in [3.05, 3.63) is 29.8 Å². The van der Waals surface area contributed by atoms with Crippen LogP contribution in [0, 0.1) is 6.92 Å². The van der Waals surface area contributed by atoms with E-state index in [2.05, 4.69) is 35.9 Å². The van der Waals surface area contributed by atoms with Crippen molar-refractivity contribution in [2.75, 3.05) is 45.6 Å². The van der Waals surface area contributed by atoms with Crippen LogP contribution in [0.2, 0.25) is 0 Å². The van der Waals surface area contributed by atoms with Gasteiger partial charge in [0, 0.05) is 32.4 Å². The van der Waals surface area contributed by atoms with Crippen LogP contribution >= 0.6 is 11.8 Å². The summed E-state index contributed by atoms with van der Waals surface area (Å²) in [6.45, 7) is 6.29. The summed E-state index contributed by atoms with van der Waals surface area (Å²) in [5, 5.41) is 1.05. The maximum absolute atomic E-state index is 5.45. The molecule has 2 aliphatic heterocycles. The van der Waals surface area contributed by atoms with Gasteiger partial charge in [-0.15, -0.1) is 0 Å². The summed E-state index contributed by atoms with van der Waals surface area (Å²) in [6, 6.07) is 8.25. The lowest BCUT2D eigenvalue weighted by Gasteiger charge is -2.28. The molecule has 1 aromatic rings. The topological polar surface area (TPSA) is 40.4 Å². The number of rotatable bonds is 1. The Balaban J connectivity index is 1.89. The van der Waals surface area contributed by atoms with Gasteiger partial charge in [0.2, 0.25) is 5.96 Å². The molecule has 5 nitrogen and oxygen atoms in total. The fourth-order valence-electron chi connectivity index (χ4n) is 2.35. The van der Waals surface area contributed by atoms with Crippen LogP contribution in [0.5, 0.6) is 0 Å². The Kier molecular flexibility index (Phi) is 5.00. The smallest absolute Gasteiger partial charge is 0.228 e. The molecule has 2 saturated heterocycles. The molecular weight excluding hydrogens is 296 g/mol. The molecule has 0 atom stereocenters. The standard InChI is InChI=1S/C16H22N4OS/c1-13-3-5-14(6-4-13)17-15(20-7-10-21-11-8-20)18-16-19(2)9-12-22-16/h3-6H,7-12H2,1-2H3/b17-15?,18-16-. The summed E-state index contributed by atoms with van der Waals surface area (Å²) in [5.41, 5.74) is 2.19. The molecule has 0 aromatic heterocycles. The van der Waals surface area contributed by atoms with E-state index in [-0.39, 0.29) is 0 Å². The third kappa shape index (κ3) is 3.81. The molecule has 2 fully saturated rings. The zero-order valence-corrected chi connectivity index (χ0v) is 14.0. The largest absolute Gasteiger partial charge is 0.378 e. The molecule has 0 amide bonds. The highest BCUT2D eigenvalue weighted by Gasteiger charge is 2.20. The molecule has 2 aliphatic rings. The number of amidine groups is 1. The third-order valence-electron chi connectivity index (χ3n) is 3.74. The fourth-order valence-corrected chi connectivity index (χ4v) is 3.35. The molecule has 0 spiro atoms. The Labute approximate surface area is 136 Å². The predicted octanol–water partition coefficient (Wildman–Crippen LogP) is 2.35. The first-order chi connectivity index (χ1) is 10.7. The number of hydrogen-bond donors (Lipinski definition) is 0. The van der Waals surface area contributed by atoms with Crippen LogP contribution < -0.4 is 0 Å². The minimum absolute atomic E-state index is 0.737. The monoisotopic (exact) mass is 318 g/mol. The summed E-state index contributed by atoms with van der Waals surface area (Å²) in [5.74, 6) is 1.89. The van der Waals surface area contributed by atoms with Gasteiger partial charge in [0.25, 0.3) is 0 Å². The van der Waals surface area contributed by atoms with Gasteiger partial charge in [-0.2, -0.15) is 4.99 Å². The van der Waals surface area contributed by atoms with Gasteiger partial charge in [-0.3, -0.25) is 0 Å². The summed E-state index contributed by atoms with van der Waals surface area (Å²) in [4.78, 5) is 14.0. The van der Waals surface area contributed by atoms with Crippen LogP contribution in [0.1, 0.15) is 5.56 Å². The molecule has 0 saturated carbocycles. The summed E-state index contributed by atoms with van der Waals surface area (Å²) in [6.07, 6.45) is 0. The fraction of sp³-hybridized carbons (Fsp3) is 0.500. The zero-order valence-electron chi connectivity index (χ0n) is 13.2. The van der Waals surface area contributed by atoms with Gasteiger partial charge in [-0.1, -0.05) is 29.5 Å². The molecule has 0 unspecified atom stereocenters. The molecule has 0 bridgehead atoms. The molecule has 2 heterocycles. The van der Waals surface area contributed by atoms with Gasteiger partial charge < -0.3 is 14.5 Å². The van der Waals surface area contributed by atoms with E-state index < -0.39 is 0 Å². The average molecular weight is 318 g/mol. The molecule has 118 valence electrons. The first kappa shape index (κ1) is 15.4. The van der Waals surface area contributed by atoms with E-state index in [1.165, 1.54) is 5.56 Å². The normalized spacial score (nSPS) is 21.7. The number of aliphatic imine (C=N–C) groups is 2. The Bertz CT molecular complexity index is 564. The molecule has 22 heavy (non-hydrogen) atoms. The summed E-state index contributed by atoms with van der Waals surface area (Å²) < 4.78 is 5.45. The summed E-state index contributed by atoms with van der Waals surface area (Å²) in [7, 11) is 2.08. The number of hydrogen-bond acceptors (Lipinski definition) is 3. The van der Waals surface area contributed by atoms with Gasteiger partial charge in [0.05, 0.1) is 18.9 Å². The molecule has 1 aromatic carbocycles. The zero-order chi connectivity index (χ0) is 15.4. The number of thioether (sulfide) groups is 1. The van der Waals surface area contributed by atoms with Crippen molar-refractivity contribution >= 4 is 28.6 Å². The minimum Gasteiger partial charge on any atom is -0.378 e. The van der Waals surface area contributed by atoms with Crippen LogP contribution in [-0.4, -0.2) is 66.6 Å². The number of aryl methyl sites for hydroxylation is 1. The van der Waals surface area contributed by atoms with E-state index in [9.17, 15) is 0 Å². The minimum atomic E-state index is 0.737. The predicted molar refractivity (Wildman–Crippen MR) is 93.2 cm³/mol. The second kappa shape index (κ2) is 7.15. The van der Waals surface area contributed by atoms with E-state index in [4.69, 9.17) is 14.7 Å². The quantitative estimate of drug-likeness (QED) is 0.589. The maximum atomic E-state index is 5.45. The molecule has 6 heteroatoms. The van der Waals surface area contributed by atoms with Crippen LogP contribution in [0.25, 0.3) is 0 Å². The Morgan fingerprint density at radius 2 is 1.86 bits per heavy atom. The lowest BCUT2D eigenvalue weighted by Crippen LogP contribution is -2.40. The van der Waals surface area contributed by atoms with Crippen molar-refractivity contribution in [1.82, 2.24) is 9.80 Å². The molecule has 3 rings (SSSR count). The number of morpholine rings is 1. The number of guanidine groups is 1. The number of nitrogens with zero attached hydrogens (tertiary/aromatic N) is 4. The van der Waals surface area contributed by atoms with Crippen LogP contribution in [0.4, 0.5) is 5.69 Å². The van der Waals surface area contributed by atoms with Crippen molar-refractivity contribution in [2.24, 2.45) is 9.98 Å². The maximum Gasteiger partial charge on any atom is 0.228 e. The second-order valence-corrected chi connectivity index (χ2v) is 6.57. The van der Waals surface area contributed by atoms with E-state index in [0.29, 0.717) is 0 Å². The van der Waals surface area contributed by atoms with Gasteiger partial charge in [0.1, 0.15) is 0 Å². The van der Waals surface area contributed by atoms with Crippen molar-refractivity contribution in [1.29, 1.82) is 0 Å². The van der Waals surface area contributed by atoms with Crippen molar-refractivity contribution in [3.63, 3.8) is 0 Å². The number of ether oxygens (including phenoxy) is 1. The Hall–Kier alpha value is -1.53. The molecular formula is C16H22N4OS. The van der Waals surface area contributed by atoms with Crippen LogP contribution in [0.15, 0.2) is 34.3 Å². The van der Waals surface area contributed by atoms with Gasteiger partial charge in [-0.25, -0.2) is 4.99 Å². The van der Waals surface area contributed by atoms with Crippen molar-refractivity contribution in [2.45, 2.75) is 6.92 Å². The van der Waals surface area contributed by atoms with Crippen molar-refractivity contribution < 1.29 is 4.74 Å². The highest BCUT2D eigenvalue weighted by Crippen LogP contribution is 2.19. The second-order valence-electron chi connectivity index (χ2n) is 5.51. The lowest BCUT2D eigenvalue weighted by molar-refractivity contribution is 0.0676. The van der Waals surface area contributed by atoms with Gasteiger partial charge >= 0.3 is 0 Å². The molecule has 0 aliphatic carbocycles.